The van der Waals surface area contributed by atoms with Gasteiger partial charge in [0.05, 0.1) is 0 Å². The Balaban J connectivity index is 3.06. The van der Waals surface area contributed by atoms with Gasteiger partial charge in [0.15, 0.2) is 0 Å². The van der Waals surface area contributed by atoms with Gasteiger partial charge in [0.1, 0.15) is 7.85 Å². The van der Waals surface area contributed by atoms with E-state index in [4.69, 9.17) is 11.5 Å². The van der Waals surface area contributed by atoms with Crippen molar-refractivity contribution in [2.75, 3.05) is 5.73 Å². The van der Waals surface area contributed by atoms with Gasteiger partial charge in [-0.05, 0) is 17.7 Å². The fourth-order valence-electron chi connectivity index (χ4n) is 1.18. The van der Waals surface area contributed by atoms with E-state index >= 15 is 0 Å². The second-order valence-corrected chi connectivity index (χ2v) is 2.59. The number of hydrogen-bond donors (Lipinski definition) is 2. The summed E-state index contributed by atoms with van der Waals surface area (Å²) < 4.78 is 0. The molecule has 0 aromatic heterocycles. The SMILES string of the molecule is BCc1ccc(N)cc1CN. The maximum absolute atomic E-state index is 5.60. The van der Waals surface area contributed by atoms with Gasteiger partial charge >= 0.3 is 0 Å². The Morgan fingerprint density at radius 1 is 1.27 bits per heavy atom. The monoisotopic (exact) mass is 148 g/mol. The highest BCUT2D eigenvalue weighted by Crippen LogP contribution is 2.12. The third-order valence-corrected chi connectivity index (χ3v) is 1.83. The van der Waals surface area contributed by atoms with E-state index < -0.39 is 0 Å². The van der Waals surface area contributed by atoms with Crippen molar-refractivity contribution in [3.63, 3.8) is 0 Å². The van der Waals surface area contributed by atoms with E-state index in [-0.39, 0.29) is 0 Å². The molecule has 0 aliphatic rings. The Kier molecular flexibility index (Phi) is 2.55. The number of nitrogens with two attached hydrogens (primary N) is 2. The molecule has 0 heterocycles. The first kappa shape index (κ1) is 8.14. The van der Waals surface area contributed by atoms with Crippen molar-refractivity contribution in [2.45, 2.75) is 12.9 Å². The van der Waals surface area contributed by atoms with Crippen molar-refractivity contribution in [2.24, 2.45) is 5.73 Å². The van der Waals surface area contributed by atoms with Crippen LogP contribution in [0, 0.1) is 0 Å². The highest BCUT2D eigenvalue weighted by atomic mass is 14.6. The van der Waals surface area contributed by atoms with Crippen LogP contribution in [0.2, 0.25) is 0 Å². The van der Waals surface area contributed by atoms with E-state index in [1.165, 1.54) is 5.56 Å². The van der Waals surface area contributed by atoms with Crippen LogP contribution in [0.25, 0.3) is 0 Å². The Morgan fingerprint density at radius 3 is 2.55 bits per heavy atom. The number of rotatable bonds is 2. The summed E-state index contributed by atoms with van der Waals surface area (Å²) in [5.41, 5.74) is 14.4. The van der Waals surface area contributed by atoms with Crippen LogP contribution in [0.15, 0.2) is 18.2 Å². The number of benzene rings is 1. The molecular formula is C8H13BN2. The standard InChI is InChI=1S/C8H13BN2/c9-4-6-1-2-8(11)3-7(6)5-10/h1-3H,4-5,9-11H2. The zero-order valence-electron chi connectivity index (χ0n) is 6.80. The predicted molar refractivity (Wildman–Crippen MR) is 51.0 cm³/mol. The molecule has 0 unspecified atom stereocenters. The molecule has 3 heteroatoms. The van der Waals surface area contributed by atoms with E-state index in [1.807, 2.05) is 18.2 Å². The summed E-state index contributed by atoms with van der Waals surface area (Å²) in [4.78, 5) is 0. The molecule has 58 valence electrons. The van der Waals surface area contributed by atoms with Gasteiger partial charge in [-0.3, -0.25) is 0 Å². The van der Waals surface area contributed by atoms with E-state index in [0.29, 0.717) is 6.54 Å². The van der Waals surface area contributed by atoms with Crippen molar-refractivity contribution >= 4 is 13.5 Å². The molecule has 1 aromatic carbocycles. The summed E-state index contributed by atoms with van der Waals surface area (Å²) in [6.07, 6.45) is 1.02. The fourth-order valence-corrected chi connectivity index (χ4v) is 1.18. The molecule has 0 aliphatic heterocycles. The predicted octanol–water partition coefficient (Wildman–Crippen LogP) is -0.139. The van der Waals surface area contributed by atoms with Gasteiger partial charge < -0.3 is 11.5 Å². The van der Waals surface area contributed by atoms with Gasteiger partial charge in [-0.2, -0.15) is 0 Å². The summed E-state index contributed by atoms with van der Waals surface area (Å²) in [7, 11) is 2.12. The molecule has 0 saturated heterocycles. The normalized spacial score (nSPS) is 9.91. The molecule has 1 rings (SSSR count). The summed E-state index contributed by atoms with van der Waals surface area (Å²) in [6.45, 7) is 0.578. The topological polar surface area (TPSA) is 52.0 Å². The van der Waals surface area contributed by atoms with Crippen LogP contribution in [0.3, 0.4) is 0 Å². The molecule has 0 radical (unpaired) electrons. The van der Waals surface area contributed by atoms with Crippen molar-refractivity contribution in [3.05, 3.63) is 29.3 Å². The summed E-state index contributed by atoms with van der Waals surface area (Å²) in [5.74, 6) is 0. The fraction of sp³-hybridized carbons (Fsp3) is 0.250. The minimum Gasteiger partial charge on any atom is -0.399 e. The number of anilines is 1. The van der Waals surface area contributed by atoms with Crippen LogP contribution < -0.4 is 11.5 Å². The molecule has 4 N–H and O–H groups in total. The third kappa shape index (κ3) is 1.74. The zero-order chi connectivity index (χ0) is 8.27. The van der Waals surface area contributed by atoms with Gasteiger partial charge in [-0.1, -0.05) is 17.9 Å². The minimum atomic E-state index is 0.578. The van der Waals surface area contributed by atoms with Crippen LogP contribution in [0.1, 0.15) is 11.1 Å². The molecule has 0 aliphatic carbocycles. The first-order chi connectivity index (χ1) is 5.27. The molecule has 2 nitrogen and oxygen atoms in total. The second kappa shape index (κ2) is 3.44. The average molecular weight is 148 g/mol. The molecule has 0 bridgehead atoms. The summed E-state index contributed by atoms with van der Waals surface area (Å²) >= 11 is 0. The molecule has 0 spiro atoms. The lowest BCUT2D eigenvalue weighted by Crippen LogP contribution is -2.02. The first-order valence-electron chi connectivity index (χ1n) is 3.85. The van der Waals surface area contributed by atoms with Gasteiger partial charge in [0.2, 0.25) is 0 Å². The summed E-state index contributed by atoms with van der Waals surface area (Å²) in [5, 5.41) is 0. The lowest BCUT2D eigenvalue weighted by atomic mass is 9.93. The second-order valence-electron chi connectivity index (χ2n) is 2.59. The van der Waals surface area contributed by atoms with Gasteiger partial charge in [0, 0.05) is 12.2 Å². The molecule has 0 saturated carbocycles. The maximum atomic E-state index is 5.60. The van der Waals surface area contributed by atoms with Crippen LogP contribution in [-0.4, -0.2) is 7.85 Å². The Labute approximate surface area is 68.0 Å². The Morgan fingerprint density at radius 2 is 2.00 bits per heavy atom. The van der Waals surface area contributed by atoms with Gasteiger partial charge in [-0.15, -0.1) is 0 Å². The zero-order valence-corrected chi connectivity index (χ0v) is 6.80. The van der Waals surface area contributed by atoms with Crippen LogP contribution in [0.4, 0.5) is 5.69 Å². The molecular weight excluding hydrogens is 135 g/mol. The molecule has 0 atom stereocenters. The van der Waals surface area contributed by atoms with E-state index in [1.54, 1.807) is 0 Å². The third-order valence-electron chi connectivity index (χ3n) is 1.83. The van der Waals surface area contributed by atoms with Gasteiger partial charge in [-0.25, -0.2) is 0 Å². The van der Waals surface area contributed by atoms with Crippen LogP contribution >= 0.6 is 0 Å². The smallest absolute Gasteiger partial charge is 0.107 e. The van der Waals surface area contributed by atoms with E-state index in [9.17, 15) is 0 Å². The Bertz CT molecular complexity index is 248. The number of nitrogen functional groups attached to an aromatic ring is 1. The van der Waals surface area contributed by atoms with E-state index in [0.717, 1.165) is 17.6 Å². The highest BCUT2D eigenvalue weighted by molar-refractivity contribution is 6.08. The van der Waals surface area contributed by atoms with Crippen molar-refractivity contribution in [3.8, 4) is 0 Å². The largest absolute Gasteiger partial charge is 0.399 e. The molecule has 1 aromatic rings. The minimum absolute atomic E-state index is 0.578. The molecule has 11 heavy (non-hydrogen) atoms. The average Bonchev–Trinajstić information content (AvgIpc) is 2.04. The Hall–Kier alpha value is -0.955. The van der Waals surface area contributed by atoms with Crippen molar-refractivity contribution in [1.82, 2.24) is 0 Å². The number of hydrogen-bond acceptors (Lipinski definition) is 2. The maximum Gasteiger partial charge on any atom is 0.107 e. The molecule has 0 fully saturated rings. The van der Waals surface area contributed by atoms with Crippen molar-refractivity contribution < 1.29 is 0 Å². The van der Waals surface area contributed by atoms with Crippen LogP contribution in [0.5, 0.6) is 0 Å². The van der Waals surface area contributed by atoms with Crippen molar-refractivity contribution in [1.29, 1.82) is 0 Å². The first-order valence-corrected chi connectivity index (χ1v) is 3.85. The highest BCUT2D eigenvalue weighted by Gasteiger charge is 1.97. The summed E-state index contributed by atoms with van der Waals surface area (Å²) in [6, 6.07) is 5.90. The quantitative estimate of drug-likeness (QED) is 0.453. The lowest BCUT2D eigenvalue weighted by molar-refractivity contribution is 1.04. The lowest BCUT2D eigenvalue weighted by Gasteiger charge is -2.05. The van der Waals surface area contributed by atoms with Crippen LogP contribution in [-0.2, 0) is 12.9 Å². The molecule has 0 amide bonds. The van der Waals surface area contributed by atoms with E-state index in [2.05, 4.69) is 7.85 Å². The van der Waals surface area contributed by atoms with Gasteiger partial charge in [0.25, 0.3) is 0 Å².